The molecule has 3 aromatic rings. The largest absolute Gasteiger partial charge is 0.507 e. The minimum atomic E-state index is -0.658. The predicted molar refractivity (Wildman–Crippen MR) is 139 cm³/mol. The maximum Gasteiger partial charge on any atom is 0.295 e. The highest BCUT2D eigenvalue weighted by atomic mass is 16.5. The molecule has 4 rings (SSSR count). The zero-order chi connectivity index (χ0) is 25.3. The number of benzene rings is 3. The lowest BCUT2D eigenvalue weighted by molar-refractivity contribution is -0.140. The van der Waals surface area contributed by atoms with Gasteiger partial charge in [0.15, 0.2) is 0 Å². The molecule has 0 spiro atoms. The molecule has 0 saturated carbocycles. The van der Waals surface area contributed by atoms with Crippen molar-refractivity contribution >= 4 is 28.2 Å². The average molecular weight is 473 g/mol. The van der Waals surface area contributed by atoms with Gasteiger partial charge in [-0.05, 0) is 60.1 Å². The molecular weight excluding hydrogens is 440 g/mol. The Kier molecular flexibility index (Phi) is 6.94. The third kappa shape index (κ3) is 4.80. The van der Waals surface area contributed by atoms with Gasteiger partial charge in [0.1, 0.15) is 11.5 Å². The fourth-order valence-corrected chi connectivity index (χ4v) is 4.48. The summed E-state index contributed by atoms with van der Waals surface area (Å²) in [6, 6.07) is 18.4. The molecule has 1 heterocycles. The van der Waals surface area contributed by atoms with Gasteiger partial charge in [-0.15, -0.1) is 0 Å². The second-order valence-corrected chi connectivity index (χ2v) is 9.54. The minimum absolute atomic E-state index is 0.124. The summed E-state index contributed by atoms with van der Waals surface area (Å²) in [5.41, 5.74) is 2.60. The van der Waals surface area contributed by atoms with Crippen LogP contribution in [0.3, 0.4) is 0 Å². The molecule has 1 unspecified atom stereocenters. The number of aliphatic hydroxyl groups excluding tert-OH is 1. The number of Topliss-reactive ketones (excluding diaryl/α,β-unsaturated/α-hetero) is 1. The predicted octanol–water partition coefficient (Wildman–Crippen LogP) is 4.96. The summed E-state index contributed by atoms with van der Waals surface area (Å²) in [4.78, 5) is 29.9. The second kappa shape index (κ2) is 9.92. The summed E-state index contributed by atoms with van der Waals surface area (Å²) < 4.78 is 5.29. The maximum atomic E-state index is 13.2. The maximum absolute atomic E-state index is 13.2. The number of hydrogen-bond acceptors (Lipinski definition) is 5. The number of aliphatic hydroxyl groups is 1. The summed E-state index contributed by atoms with van der Waals surface area (Å²) in [5.74, 6) is -0.302. The van der Waals surface area contributed by atoms with E-state index in [0.717, 1.165) is 22.1 Å². The molecule has 0 bridgehead atoms. The van der Waals surface area contributed by atoms with Crippen LogP contribution in [0.4, 0.5) is 0 Å². The van der Waals surface area contributed by atoms with Crippen LogP contribution in [0.5, 0.6) is 5.75 Å². The Labute approximate surface area is 206 Å². The van der Waals surface area contributed by atoms with Crippen molar-refractivity contribution in [2.24, 2.45) is 0 Å². The summed E-state index contributed by atoms with van der Waals surface area (Å²) in [7, 11) is 5.46. The highest BCUT2D eigenvalue weighted by molar-refractivity contribution is 6.46. The standard InChI is InChI=1S/C29H32N2O4/c1-18(2)19-6-8-20(9-7-19)26-25(28(33)29(34)31(26)15-14-30(3)4)27(32)23-11-10-22-17-24(35-5)13-12-21(22)16-23/h6-13,16-18,26,32H,14-15H2,1-5H3/b27-25+. The fraction of sp³-hybridized carbons (Fsp3) is 0.310. The summed E-state index contributed by atoms with van der Waals surface area (Å²) in [5, 5.41) is 13.2. The van der Waals surface area contributed by atoms with Crippen LogP contribution in [0.1, 0.15) is 42.5 Å². The Morgan fingerprint density at radius 1 is 1.00 bits per heavy atom. The number of rotatable bonds is 7. The van der Waals surface area contributed by atoms with Crippen LogP contribution in [0.25, 0.3) is 16.5 Å². The second-order valence-electron chi connectivity index (χ2n) is 9.54. The number of hydrogen-bond donors (Lipinski definition) is 1. The normalized spacial score (nSPS) is 17.7. The van der Waals surface area contributed by atoms with Crippen LogP contribution in [-0.2, 0) is 9.59 Å². The lowest BCUT2D eigenvalue weighted by atomic mass is 9.92. The SMILES string of the molecule is COc1ccc2cc(/C(O)=C3\C(=O)C(=O)N(CCN(C)C)C3c3ccc(C(C)C)cc3)ccc2c1. The smallest absolute Gasteiger partial charge is 0.295 e. The highest BCUT2D eigenvalue weighted by Gasteiger charge is 2.45. The molecule has 1 amide bonds. The molecule has 0 aromatic heterocycles. The van der Waals surface area contributed by atoms with Crippen LogP contribution in [-0.4, -0.2) is 60.9 Å². The third-order valence-corrected chi connectivity index (χ3v) is 6.57. The molecule has 6 heteroatoms. The van der Waals surface area contributed by atoms with Gasteiger partial charge in [-0.3, -0.25) is 9.59 Å². The van der Waals surface area contributed by atoms with E-state index < -0.39 is 17.7 Å². The summed E-state index contributed by atoms with van der Waals surface area (Å²) in [6.45, 7) is 5.22. The first-order valence-electron chi connectivity index (χ1n) is 11.8. The van der Waals surface area contributed by atoms with Gasteiger partial charge in [0.25, 0.3) is 11.7 Å². The van der Waals surface area contributed by atoms with E-state index in [1.54, 1.807) is 18.1 Å². The molecule has 182 valence electrons. The van der Waals surface area contributed by atoms with Crippen LogP contribution < -0.4 is 4.74 Å². The molecule has 6 nitrogen and oxygen atoms in total. The quantitative estimate of drug-likeness (QED) is 0.299. The van der Waals surface area contributed by atoms with E-state index in [1.165, 1.54) is 5.56 Å². The lowest BCUT2D eigenvalue weighted by Crippen LogP contribution is -2.35. The van der Waals surface area contributed by atoms with E-state index in [9.17, 15) is 14.7 Å². The third-order valence-electron chi connectivity index (χ3n) is 6.57. The highest BCUT2D eigenvalue weighted by Crippen LogP contribution is 2.40. The molecule has 1 N–H and O–H groups in total. The zero-order valence-corrected chi connectivity index (χ0v) is 20.9. The number of nitrogens with zero attached hydrogens (tertiary/aromatic N) is 2. The Morgan fingerprint density at radius 3 is 2.29 bits per heavy atom. The lowest BCUT2D eigenvalue weighted by Gasteiger charge is -2.27. The first-order chi connectivity index (χ1) is 16.7. The minimum Gasteiger partial charge on any atom is -0.507 e. The molecule has 0 aliphatic carbocycles. The van der Waals surface area contributed by atoms with E-state index >= 15 is 0 Å². The van der Waals surface area contributed by atoms with E-state index in [0.29, 0.717) is 24.6 Å². The van der Waals surface area contributed by atoms with Crippen molar-refractivity contribution in [3.63, 3.8) is 0 Å². The fourth-order valence-electron chi connectivity index (χ4n) is 4.48. The zero-order valence-electron chi connectivity index (χ0n) is 20.9. The number of methoxy groups -OCH3 is 1. The number of carbonyl (C=O) groups is 2. The van der Waals surface area contributed by atoms with Crippen molar-refractivity contribution in [3.05, 3.63) is 82.9 Å². The van der Waals surface area contributed by atoms with Crippen molar-refractivity contribution < 1.29 is 19.4 Å². The van der Waals surface area contributed by atoms with E-state index in [4.69, 9.17) is 4.74 Å². The van der Waals surface area contributed by atoms with E-state index in [-0.39, 0.29) is 11.3 Å². The van der Waals surface area contributed by atoms with Gasteiger partial charge in [-0.2, -0.15) is 0 Å². The number of ether oxygens (including phenoxy) is 1. The Balaban J connectivity index is 1.83. The van der Waals surface area contributed by atoms with Gasteiger partial charge in [-0.25, -0.2) is 0 Å². The Morgan fingerprint density at radius 2 is 1.66 bits per heavy atom. The topological polar surface area (TPSA) is 70.1 Å². The van der Waals surface area contributed by atoms with Crippen molar-refractivity contribution in [3.8, 4) is 5.75 Å². The van der Waals surface area contributed by atoms with Crippen LogP contribution in [0, 0.1) is 0 Å². The number of ketones is 1. The van der Waals surface area contributed by atoms with Gasteiger partial charge in [0.05, 0.1) is 18.7 Å². The van der Waals surface area contributed by atoms with Gasteiger partial charge < -0.3 is 19.6 Å². The monoisotopic (exact) mass is 472 g/mol. The van der Waals surface area contributed by atoms with E-state index in [1.807, 2.05) is 73.6 Å². The molecule has 1 aliphatic heterocycles. The van der Waals surface area contributed by atoms with E-state index in [2.05, 4.69) is 13.8 Å². The molecule has 3 aromatic carbocycles. The van der Waals surface area contributed by atoms with Crippen LogP contribution in [0.2, 0.25) is 0 Å². The molecule has 1 aliphatic rings. The van der Waals surface area contributed by atoms with Crippen molar-refractivity contribution in [2.75, 3.05) is 34.3 Å². The summed E-state index contributed by atoms with van der Waals surface area (Å²) in [6.07, 6.45) is 0. The van der Waals surface area contributed by atoms with Crippen molar-refractivity contribution in [2.45, 2.75) is 25.8 Å². The first-order valence-corrected chi connectivity index (χ1v) is 11.8. The Bertz CT molecular complexity index is 1290. The van der Waals surface area contributed by atoms with Crippen LogP contribution in [0.15, 0.2) is 66.2 Å². The Hall–Kier alpha value is -3.64. The van der Waals surface area contributed by atoms with Crippen molar-refractivity contribution in [1.82, 2.24) is 9.80 Å². The number of carbonyl (C=O) groups excluding carboxylic acids is 2. The van der Waals surface area contributed by atoms with Crippen LogP contribution >= 0.6 is 0 Å². The molecule has 0 radical (unpaired) electrons. The number of fused-ring (bicyclic) bond motifs is 1. The molecule has 1 saturated heterocycles. The average Bonchev–Trinajstić information content (AvgIpc) is 3.11. The van der Waals surface area contributed by atoms with Gasteiger partial charge in [0.2, 0.25) is 0 Å². The van der Waals surface area contributed by atoms with Crippen molar-refractivity contribution in [1.29, 1.82) is 0 Å². The number of amides is 1. The first kappa shape index (κ1) is 24.5. The van der Waals surface area contributed by atoms with Gasteiger partial charge in [-0.1, -0.05) is 56.3 Å². The summed E-state index contributed by atoms with van der Waals surface area (Å²) >= 11 is 0. The van der Waals surface area contributed by atoms with Gasteiger partial charge in [0, 0.05) is 18.7 Å². The molecule has 35 heavy (non-hydrogen) atoms. The number of likely N-dealkylation sites (N-methyl/N-ethyl adjacent to an activating group) is 1. The molecule has 1 fully saturated rings. The number of likely N-dealkylation sites (tertiary alicyclic amines) is 1. The van der Waals surface area contributed by atoms with Gasteiger partial charge >= 0.3 is 0 Å². The molecular formula is C29H32N2O4. The molecule has 1 atom stereocenters.